The molecule has 3 nitrogen and oxygen atoms in total. The predicted octanol–water partition coefficient (Wildman–Crippen LogP) is 9.88. The monoisotopic (exact) mass is 494 g/mol. The molecule has 0 spiro atoms. The Kier molecular flexibility index (Phi) is 14.3. The summed E-state index contributed by atoms with van der Waals surface area (Å²) in [5.41, 5.74) is 2.05. The van der Waals surface area contributed by atoms with Crippen LogP contribution in [0.15, 0.2) is 48.5 Å². The molecule has 0 aromatic heterocycles. The van der Waals surface area contributed by atoms with Crippen molar-refractivity contribution < 1.29 is 14.6 Å². The van der Waals surface area contributed by atoms with E-state index in [1.807, 2.05) is 36.4 Å². The first-order valence-corrected chi connectivity index (χ1v) is 14.5. The Morgan fingerprint density at radius 2 is 1.03 bits per heavy atom. The number of esters is 1. The van der Waals surface area contributed by atoms with E-state index in [0.29, 0.717) is 12.2 Å². The molecule has 36 heavy (non-hydrogen) atoms. The van der Waals surface area contributed by atoms with Gasteiger partial charge in [0.2, 0.25) is 0 Å². The molecular formula is C33H50O3. The molecule has 0 fully saturated rings. The molecule has 0 unspecified atom stereocenters. The number of benzene rings is 2. The van der Waals surface area contributed by atoms with E-state index in [-0.39, 0.29) is 17.1 Å². The number of carbonyl (C=O) groups excluding carboxylic acids is 1. The van der Waals surface area contributed by atoms with Crippen LogP contribution in [0.4, 0.5) is 0 Å². The molecule has 0 bridgehead atoms. The Morgan fingerprint density at radius 1 is 0.639 bits per heavy atom. The van der Waals surface area contributed by atoms with E-state index in [0.717, 1.165) is 24.0 Å². The molecule has 0 saturated heterocycles. The minimum absolute atomic E-state index is 0.143. The van der Waals surface area contributed by atoms with Crippen molar-refractivity contribution in [2.24, 2.45) is 0 Å². The van der Waals surface area contributed by atoms with Gasteiger partial charge in [0.25, 0.3) is 0 Å². The van der Waals surface area contributed by atoms with E-state index >= 15 is 0 Å². The van der Waals surface area contributed by atoms with Gasteiger partial charge in [-0.3, -0.25) is 4.79 Å². The third-order valence-corrected chi connectivity index (χ3v) is 7.38. The van der Waals surface area contributed by atoms with Gasteiger partial charge in [0.05, 0.1) is 0 Å². The first kappa shape index (κ1) is 29.9. The molecule has 2 rings (SSSR count). The van der Waals surface area contributed by atoms with Crippen LogP contribution in [0, 0.1) is 0 Å². The molecule has 0 radical (unpaired) electrons. The molecular weight excluding hydrogens is 444 g/mol. The maximum Gasteiger partial charge on any atom is 0.311 e. The normalized spacial score (nSPS) is 11.5. The summed E-state index contributed by atoms with van der Waals surface area (Å²) in [5.74, 6) is 0.729. The highest BCUT2D eigenvalue weighted by molar-refractivity contribution is 5.72. The van der Waals surface area contributed by atoms with Gasteiger partial charge in [0, 0.05) is 11.8 Å². The fourth-order valence-corrected chi connectivity index (χ4v) is 4.81. The summed E-state index contributed by atoms with van der Waals surface area (Å²) in [6.45, 7) is 6.58. The Hall–Kier alpha value is -2.29. The molecule has 0 heterocycles. The molecule has 0 amide bonds. The lowest BCUT2D eigenvalue weighted by atomic mass is 9.78. The number of hydrogen-bond acceptors (Lipinski definition) is 3. The average Bonchev–Trinajstić information content (AvgIpc) is 2.87. The number of phenolic OH excluding ortho intramolecular Hbond substituents is 1. The van der Waals surface area contributed by atoms with Gasteiger partial charge in [0.15, 0.2) is 0 Å². The number of rotatable bonds is 19. The lowest BCUT2D eigenvalue weighted by Gasteiger charge is -2.26. The van der Waals surface area contributed by atoms with E-state index in [2.05, 4.69) is 20.8 Å². The van der Waals surface area contributed by atoms with E-state index < -0.39 is 0 Å². The van der Waals surface area contributed by atoms with Crippen LogP contribution in [0.25, 0.3) is 0 Å². The van der Waals surface area contributed by atoms with Crippen molar-refractivity contribution in [1.82, 2.24) is 0 Å². The number of ether oxygens (including phenoxy) is 1. The maximum atomic E-state index is 12.2. The first-order valence-electron chi connectivity index (χ1n) is 14.5. The lowest BCUT2D eigenvalue weighted by Crippen LogP contribution is -2.18. The molecule has 0 saturated carbocycles. The number of hydrogen-bond donors (Lipinski definition) is 1. The van der Waals surface area contributed by atoms with Gasteiger partial charge < -0.3 is 9.84 Å². The smallest absolute Gasteiger partial charge is 0.311 e. The first-order chi connectivity index (χ1) is 17.4. The van der Waals surface area contributed by atoms with E-state index in [1.165, 1.54) is 83.5 Å². The van der Waals surface area contributed by atoms with Gasteiger partial charge in [-0.05, 0) is 41.8 Å². The van der Waals surface area contributed by atoms with Crippen LogP contribution in [-0.4, -0.2) is 11.1 Å². The van der Waals surface area contributed by atoms with Crippen LogP contribution in [0.3, 0.4) is 0 Å². The molecule has 3 heteroatoms. The van der Waals surface area contributed by atoms with Crippen LogP contribution in [0.5, 0.6) is 11.5 Å². The summed E-state index contributed by atoms with van der Waals surface area (Å²) in [6, 6.07) is 15.1. The highest BCUT2D eigenvalue weighted by Gasteiger charge is 2.23. The van der Waals surface area contributed by atoms with Crippen molar-refractivity contribution in [3.8, 4) is 11.5 Å². The lowest BCUT2D eigenvalue weighted by molar-refractivity contribution is -0.134. The quantitative estimate of drug-likeness (QED) is 0.120. The van der Waals surface area contributed by atoms with Gasteiger partial charge in [-0.15, -0.1) is 0 Å². The summed E-state index contributed by atoms with van der Waals surface area (Å²) >= 11 is 0. The fraction of sp³-hybridized carbons (Fsp3) is 0.606. The fourth-order valence-electron chi connectivity index (χ4n) is 4.81. The van der Waals surface area contributed by atoms with Gasteiger partial charge in [0.1, 0.15) is 11.5 Å². The number of carbonyl (C=O) groups is 1. The minimum atomic E-state index is -0.204. The summed E-state index contributed by atoms with van der Waals surface area (Å²) < 4.78 is 5.55. The molecule has 0 atom stereocenters. The average molecular weight is 495 g/mol. The second-order valence-electron chi connectivity index (χ2n) is 10.9. The second-order valence-corrected chi connectivity index (χ2v) is 10.9. The van der Waals surface area contributed by atoms with E-state index in [9.17, 15) is 9.90 Å². The Bertz CT molecular complexity index is 836. The van der Waals surface area contributed by atoms with Crippen molar-refractivity contribution >= 4 is 5.97 Å². The van der Waals surface area contributed by atoms with Gasteiger partial charge in [-0.25, -0.2) is 0 Å². The van der Waals surface area contributed by atoms with Gasteiger partial charge in [-0.2, -0.15) is 0 Å². The zero-order valence-electron chi connectivity index (χ0n) is 23.2. The minimum Gasteiger partial charge on any atom is -0.508 e. The standard InChI is InChI=1S/C33H50O3/c1-4-5-6-7-8-9-10-11-12-13-14-15-16-17-18-19-32(35)36-31-26-22-29(23-27-31)33(2,3)28-20-24-30(34)25-21-28/h20-27,34H,4-19H2,1-3H3. The van der Waals surface area contributed by atoms with E-state index in [1.54, 1.807) is 12.1 Å². The zero-order valence-corrected chi connectivity index (χ0v) is 23.2. The highest BCUT2D eigenvalue weighted by Crippen LogP contribution is 2.33. The molecule has 2 aromatic rings. The van der Waals surface area contributed by atoms with Crippen LogP contribution in [-0.2, 0) is 10.2 Å². The van der Waals surface area contributed by atoms with Crippen molar-refractivity contribution in [3.63, 3.8) is 0 Å². The van der Waals surface area contributed by atoms with Crippen LogP contribution in [0.2, 0.25) is 0 Å². The summed E-state index contributed by atoms with van der Waals surface area (Å²) in [4.78, 5) is 12.2. The largest absolute Gasteiger partial charge is 0.508 e. The Labute approximate surface area is 220 Å². The molecule has 0 aliphatic carbocycles. The van der Waals surface area contributed by atoms with Crippen molar-refractivity contribution in [3.05, 3.63) is 59.7 Å². The van der Waals surface area contributed by atoms with Crippen molar-refractivity contribution in [2.45, 2.75) is 129 Å². The summed E-state index contributed by atoms with van der Waals surface area (Å²) in [7, 11) is 0. The molecule has 0 aliphatic rings. The third-order valence-electron chi connectivity index (χ3n) is 7.38. The Balaban J connectivity index is 1.51. The zero-order chi connectivity index (χ0) is 26.1. The third kappa shape index (κ3) is 11.6. The maximum absolute atomic E-state index is 12.2. The Morgan fingerprint density at radius 3 is 1.47 bits per heavy atom. The molecule has 1 N–H and O–H groups in total. The van der Waals surface area contributed by atoms with Crippen LogP contribution < -0.4 is 4.74 Å². The van der Waals surface area contributed by atoms with Crippen LogP contribution >= 0.6 is 0 Å². The summed E-state index contributed by atoms with van der Waals surface area (Å²) in [6.07, 6.45) is 20.3. The van der Waals surface area contributed by atoms with Gasteiger partial charge >= 0.3 is 5.97 Å². The van der Waals surface area contributed by atoms with Gasteiger partial charge in [-0.1, -0.05) is 135 Å². The molecule has 2 aromatic carbocycles. The van der Waals surface area contributed by atoms with Crippen molar-refractivity contribution in [1.29, 1.82) is 0 Å². The molecule has 200 valence electrons. The topological polar surface area (TPSA) is 46.5 Å². The highest BCUT2D eigenvalue weighted by atomic mass is 16.5. The number of aromatic hydroxyl groups is 1. The SMILES string of the molecule is CCCCCCCCCCCCCCCCCC(=O)Oc1ccc(C(C)(C)c2ccc(O)cc2)cc1. The molecule has 0 aliphatic heterocycles. The predicted molar refractivity (Wildman–Crippen MR) is 152 cm³/mol. The van der Waals surface area contributed by atoms with E-state index in [4.69, 9.17) is 4.74 Å². The van der Waals surface area contributed by atoms with Crippen LogP contribution in [0.1, 0.15) is 135 Å². The van der Waals surface area contributed by atoms with Crippen molar-refractivity contribution in [2.75, 3.05) is 0 Å². The number of unbranched alkanes of at least 4 members (excludes halogenated alkanes) is 14. The second kappa shape index (κ2) is 17.2. The summed E-state index contributed by atoms with van der Waals surface area (Å²) in [5, 5.41) is 9.55. The number of phenols is 1.